The van der Waals surface area contributed by atoms with E-state index in [1.807, 2.05) is 0 Å². The summed E-state index contributed by atoms with van der Waals surface area (Å²) in [6, 6.07) is 0.739. The minimum absolute atomic E-state index is 0.739. The van der Waals surface area contributed by atoms with E-state index in [1.54, 1.807) is 0 Å². The van der Waals surface area contributed by atoms with Crippen molar-refractivity contribution in [3.63, 3.8) is 0 Å². The monoisotopic (exact) mass is 255 g/mol. The number of ether oxygens (including phenoxy) is 1. The normalized spacial score (nSPS) is 28.2. The number of nitrogens with one attached hydrogen (secondary N) is 1. The predicted octanol–water partition coefficient (Wildman–Crippen LogP) is 0.783. The van der Waals surface area contributed by atoms with Crippen molar-refractivity contribution in [3.8, 4) is 0 Å². The molecule has 2 saturated heterocycles. The summed E-state index contributed by atoms with van der Waals surface area (Å²) in [6.45, 7) is 12.4. The third kappa shape index (κ3) is 4.84. The van der Waals surface area contributed by atoms with Gasteiger partial charge in [-0.3, -0.25) is 4.90 Å². The van der Waals surface area contributed by atoms with Gasteiger partial charge < -0.3 is 15.0 Å². The van der Waals surface area contributed by atoms with Crippen LogP contribution in [0.2, 0.25) is 0 Å². The maximum atomic E-state index is 5.37. The topological polar surface area (TPSA) is 27.7 Å². The number of hydrogen-bond donors (Lipinski definition) is 1. The predicted molar refractivity (Wildman–Crippen MR) is 75.0 cm³/mol. The molecule has 0 saturated carbocycles. The molecule has 0 bridgehead atoms. The Balaban J connectivity index is 1.58. The van der Waals surface area contributed by atoms with Gasteiger partial charge in [-0.05, 0) is 38.9 Å². The molecule has 0 aromatic heterocycles. The molecule has 106 valence electrons. The lowest BCUT2D eigenvalue weighted by atomic mass is 10.1. The van der Waals surface area contributed by atoms with Gasteiger partial charge in [-0.2, -0.15) is 0 Å². The molecule has 2 heterocycles. The third-order valence-electron chi connectivity index (χ3n) is 4.23. The summed E-state index contributed by atoms with van der Waals surface area (Å²) in [5, 5.41) is 3.74. The fourth-order valence-electron chi connectivity index (χ4n) is 2.93. The van der Waals surface area contributed by atoms with Crippen LogP contribution in [0.25, 0.3) is 0 Å². The summed E-state index contributed by atoms with van der Waals surface area (Å²) in [7, 11) is 0. The summed E-state index contributed by atoms with van der Waals surface area (Å²) < 4.78 is 5.37. The maximum absolute atomic E-state index is 5.37. The van der Waals surface area contributed by atoms with E-state index in [2.05, 4.69) is 22.0 Å². The SMILES string of the molecule is CCN1CCCC(NCCN2CCOCC2)CC1. The van der Waals surface area contributed by atoms with Crippen molar-refractivity contribution in [2.75, 3.05) is 59.0 Å². The second-order valence-electron chi connectivity index (χ2n) is 5.47. The van der Waals surface area contributed by atoms with Gasteiger partial charge in [-0.15, -0.1) is 0 Å². The Labute approximate surface area is 112 Å². The molecule has 2 aliphatic heterocycles. The van der Waals surface area contributed by atoms with Crippen molar-refractivity contribution in [1.29, 1.82) is 0 Å². The Hall–Kier alpha value is -0.160. The van der Waals surface area contributed by atoms with E-state index in [1.165, 1.54) is 45.4 Å². The van der Waals surface area contributed by atoms with Crippen molar-refractivity contribution in [2.45, 2.75) is 32.2 Å². The Kier molecular flexibility index (Phi) is 6.41. The quantitative estimate of drug-likeness (QED) is 0.786. The van der Waals surface area contributed by atoms with E-state index >= 15 is 0 Å². The summed E-state index contributed by atoms with van der Waals surface area (Å²) in [5.74, 6) is 0. The van der Waals surface area contributed by atoms with Gasteiger partial charge in [0.1, 0.15) is 0 Å². The number of nitrogens with zero attached hydrogens (tertiary/aromatic N) is 2. The number of rotatable bonds is 5. The van der Waals surface area contributed by atoms with Crippen LogP contribution >= 0.6 is 0 Å². The van der Waals surface area contributed by atoms with Gasteiger partial charge in [-0.1, -0.05) is 6.92 Å². The standard InChI is InChI=1S/C14H29N3O/c1-2-16-7-3-4-14(5-8-16)15-6-9-17-10-12-18-13-11-17/h14-15H,2-13H2,1H3. The van der Waals surface area contributed by atoms with Crippen LogP contribution in [0.1, 0.15) is 26.2 Å². The Morgan fingerprint density at radius 2 is 1.89 bits per heavy atom. The highest BCUT2D eigenvalue weighted by atomic mass is 16.5. The molecule has 2 aliphatic rings. The molecule has 0 radical (unpaired) electrons. The third-order valence-corrected chi connectivity index (χ3v) is 4.23. The molecule has 0 aliphatic carbocycles. The highest BCUT2D eigenvalue weighted by Gasteiger charge is 2.16. The van der Waals surface area contributed by atoms with Crippen molar-refractivity contribution < 1.29 is 4.74 Å². The van der Waals surface area contributed by atoms with E-state index in [0.717, 1.165) is 38.9 Å². The average molecular weight is 255 g/mol. The molecule has 2 fully saturated rings. The first-order valence-corrected chi connectivity index (χ1v) is 7.64. The molecule has 1 atom stereocenters. The first-order valence-electron chi connectivity index (χ1n) is 7.64. The second kappa shape index (κ2) is 8.10. The Morgan fingerprint density at radius 1 is 1.06 bits per heavy atom. The van der Waals surface area contributed by atoms with E-state index < -0.39 is 0 Å². The molecule has 1 N–H and O–H groups in total. The lowest BCUT2D eigenvalue weighted by Crippen LogP contribution is -2.42. The molecule has 0 amide bonds. The minimum Gasteiger partial charge on any atom is -0.379 e. The zero-order valence-corrected chi connectivity index (χ0v) is 11.9. The van der Waals surface area contributed by atoms with Gasteiger partial charge in [-0.25, -0.2) is 0 Å². The molecule has 1 unspecified atom stereocenters. The Morgan fingerprint density at radius 3 is 2.67 bits per heavy atom. The molecule has 0 aromatic rings. The fourth-order valence-corrected chi connectivity index (χ4v) is 2.93. The number of hydrogen-bond acceptors (Lipinski definition) is 4. The summed E-state index contributed by atoms with van der Waals surface area (Å²) in [6.07, 6.45) is 4.01. The average Bonchev–Trinajstić information content (AvgIpc) is 2.65. The zero-order valence-electron chi connectivity index (χ0n) is 11.9. The molecule has 0 spiro atoms. The van der Waals surface area contributed by atoms with E-state index in [9.17, 15) is 0 Å². The number of morpholine rings is 1. The highest BCUT2D eigenvalue weighted by molar-refractivity contribution is 4.75. The summed E-state index contributed by atoms with van der Waals surface area (Å²) in [4.78, 5) is 5.08. The van der Waals surface area contributed by atoms with Crippen LogP contribution in [-0.2, 0) is 4.74 Å². The number of likely N-dealkylation sites (tertiary alicyclic amines) is 1. The summed E-state index contributed by atoms with van der Waals surface area (Å²) >= 11 is 0. The van der Waals surface area contributed by atoms with Gasteiger partial charge in [0, 0.05) is 32.2 Å². The van der Waals surface area contributed by atoms with E-state index in [0.29, 0.717) is 0 Å². The van der Waals surface area contributed by atoms with Crippen molar-refractivity contribution in [1.82, 2.24) is 15.1 Å². The van der Waals surface area contributed by atoms with Crippen LogP contribution in [0, 0.1) is 0 Å². The van der Waals surface area contributed by atoms with Crippen LogP contribution in [0.3, 0.4) is 0 Å². The molecule has 18 heavy (non-hydrogen) atoms. The zero-order chi connectivity index (χ0) is 12.6. The van der Waals surface area contributed by atoms with Gasteiger partial charge >= 0.3 is 0 Å². The summed E-state index contributed by atoms with van der Waals surface area (Å²) in [5.41, 5.74) is 0. The fraction of sp³-hybridized carbons (Fsp3) is 1.00. The van der Waals surface area contributed by atoms with Gasteiger partial charge in [0.25, 0.3) is 0 Å². The first-order chi connectivity index (χ1) is 8.88. The maximum Gasteiger partial charge on any atom is 0.0594 e. The molecule has 0 aromatic carbocycles. The lowest BCUT2D eigenvalue weighted by molar-refractivity contribution is 0.0381. The highest BCUT2D eigenvalue weighted by Crippen LogP contribution is 2.10. The Bertz CT molecular complexity index is 219. The van der Waals surface area contributed by atoms with E-state index in [4.69, 9.17) is 4.74 Å². The van der Waals surface area contributed by atoms with E-state index in [-0.39, 0.29) is 0 Å². The van der Waals surface area contributed by atoms with Gasteiger partial charge in [0.2, 0.25) is 0 Å². The van der Waals surface area contributed by atoms with Crippen molar-refractivity contribution >= 4 is 0 Å². The van der Waals surface area contributed by atoms with Gasteiger partial charge in [0.05, 0.1) is 13.2 Å². The van der Waals surface area contributed by atoms with Crippen LogP contribution in [0.15, 0.2) is 0 Å². The lowest BCUT2D eigenvalue weighted by Gasteiger charge is -2.27. The van der Waals surface area contributed by atoms with Crippen molar-refractivity contribution in [3.05, 3.63) is 0 Å². The molecule has 4 heteroatoms. The van der Waals surface area contributed by atoms with Crippen molar-refractivity contribution in [2.24, 2.45) is 0 Å². The van der Waals surface area contributed by atoms with Gasteiger partial charge in [0.15, 0.2) is 0 Å². The minimum atomic E-state index is 0.739. The van der Waals surface area contributed by atoms with Crippen LogP contribution < -0.4 is 5.32 Å². The molecule has 2 rings (SSSR count). The smallest absolute Gasteiger partial charge is 0.0594 e. The molecule has 4 nitrogen and oxygen atoms in total. The molecular weight excluding hydrogens is 226 g/mol. The largest absolute Gasteiger partial charge is 0.379 e. The second-order valence-corrected chi connectivity index (χ2v) is 5.47. The molecular formula is C14H29N3O. The first kappa shape index (κ1) is 14.3. The van der Waals surface area contributed by atoms with Crippen LogP contribution in [-0.4, -0.2) is 74.9 Å². The van der Waals surface area contributed by atoms with Crippen LogP contribution in [0.5, 0.6) is 0 Å². The van der Waals surface area contributed by atoms with Crippen LogP contribution in [0.4, 0.5) is 0 Å².